The molecular weight excluding hydrogens is 344 g/mol. The highest BCUT2D eigenvalue weighted by Gasteiger charge is 2.30. The average Bonchev–Trinajstić information content (AvgIpc) is 2.91. The van der Waals surface area contributed by atoms with E-state index in [-0.39, 0.29) is 12.5 Å². The minimum absolute atomic E-state index is 0.0602. The number of ether oxygens (including phenoxy) is 1. The molecule has 4 nitrogen and oxygen atoms in total. The van der Waals surface area contributed by atoms with E-state index in [2.05, 4.69) is 10.9 Å². The molecule has 2 aromatic carbocycles. The topological polar surface area (TPSA) is 41.9 Å². The van der Waals surface area contributed by atoms with Crippen molar-refractivity contribution in [2.24, 2.45) is 4.99 Å². The third kappa shape index (κ3) is 3.98. The van der Waals surface area contributed by atoms with Gasteiger partial charge in [-0.05, 0) is 54.1 Å². The lowest BCUT2D eigenvalue weighted by molar-refractivity contribution is -0.121. The molecule has 1 aliphatic rings. The van der Waals surface area contributed by atoms with E-state index in [9.17, 15) is 4.79 Å². The summed E-state index contributed by atoms with van der Waals surface area (Å²) in [6, 6.07) is 15.3. The van der Waals surface area contributed by atoms with Crippen molar-refractivity contribution in [2.45, 2.75) is 6.92 Å². The van der Waals surface area contributed by atoms with Crippen molar-refractivity contribution >= 4 is 34.6 Å². The first-order chi connectivity index (χ1) is 12.6. The fourth-order valence-electron chi connectivity index (χ4n) is 2.38. The van der Waals surface area contributed by atoms with Crippen LogP contribution in [0.25, 0.3) is 6.08 Å². The lowest BCUT2D eigenvalue weighted by Crippen LogP contribution is -2.23. The fourth-order valence-corrected chi connectivity index (χ4v) is 3.36. The van der Waals surface area contributed by atoms with Crippen LogP contribution < -0.4 is 4.74 Å². The van der Waals surface area contributed by atoms with Crippen molar-refractivity contribution < 1.29 is 9.53 Å². The Morgan fingerprint density at radius 1 is 1.23 bits per heavy atom. The van der Waals surface area contributed by atoms with Crippen LogP contribution in [0, 0.1) is 19.3 Å². The lowest BCUT2D eigenvalue weighted by Gasteiger charge is -2.08. The summed E-state index contributed by atoms with van der Waals surface area (Å²) in [4.78, 5) is 19.4. The van der Waals surface area contributed by atoms with Crippen molar-refractivity contribution in [3.05, 3.63) is 64.6 Å². The molecule has 2 aromatic rings. The maximum Gasteiger partial charge on any atom is 0.266 e. The molecule has 3 rings (SSSR count). The van der Waals surface area contributed by atoms with E-state index in [4.69, 9.17) is 11.2 Å². The molecule has 0 saturated carbocycles. The molecule has 0 unspecified atom stereocenters. The van der Waals surface area contributed by atoms with E-state index in [0.29, 0.717) is 15.8 Å². The van der Waals surface area contributed by atoms with Crippen LogP contribution in [0.1, 0.15) is 11.1 Å². The van der Waals surface area contributed by atoms with Crippen molar-refractivity contribution in [3.63, 3.8) is 0 Å². The molecule has 0 atom stereocenters. The van der Waals surface area contributed by atoms with Gasteiger partial charge in [0.25, 0.3) is 5.91 Å². The van der Waals surface area contributed by atoms with Gasteiger partial charge < -0.3 is 4.74 Å². The number of aryl methyl sites for hydroxylation is 1. The second-order valence-corrected chi connectivity index (χ2v) is 6.73. The molecule has 0 bridgehead atoms. The average molecular weight is 362 g/mol. The summed E-state index contributed by atoms with van der Waals surface area (Å²) < 4.78 is 5.36. The molecule has 0 N–H and O–H groups in total. The predicted molar refractivity (Wildman–Crippen MR) is 107 cm³/mol. The van der Waals surface area contributed by atoms with Gasteiger partial charge in [0.05, 0.1) is 10.6 Å². The van der Waals surface area contributed by atoms with Gasteiger partial charge >= 0.3 is 0 Å². The predicted octanol–water partition coefficient (Wildman–Crippen LogP) is 4.24. The van der Waals surface area contributed by atoms with Crippen LogP contribution in [0.2, 0.25) is 0 Å². The SMILES string of the molecule is C#CCOc1ccc(/C=C2/SC(=Nc3ccccc3C)N(C)C2=O)cc1. The molecule has 26 heavy (non-hydrogen) atoms. The molecular formula is C21H18N2O2S. The van der Waals surface area contributed by atoms with E-state index >= 15 is 0 Å². The Bertz CT molecular complexity index is 924. The second-order valence-electron chi connectivity index (χ2n) is 5.72. The molecule has 1 amide bonds. The number of carbonyl (C=O) groups excluding carboxylic acids is 1. The third-order valence-corrected chi connectivity index (χ3v) is 4.90. The zero-order valence-electron chi connectivity index (χ0n) is 14.6. The van der Waals surface area contributed by atoms with Crippen molar-refractivity contribution in [2.75, 3.05) is 13.7 Å². The quantitative estimate of drug-likeness (QED) is 0.603. The van der Waals surface area contributed by atoms with Gasteiger partial charge in [-0.25, -0.2) is 4.99 Å². The molecule has 5 heteroatoms. The minimum atomic E-state index is -0.0602. The maximum absolute atomic E-state index is 12.5. The molecule has 130 valence electrons. The molecule has 0 radical (unpaired) electrons. The highest BCUT2D eigenvalue weighted by molar-refractivity contribution is 8.18. The second kappa shape index (κ2) is 7.94. The van der Waals surface area contributed by atoms with Crippen molar-refractivity contribution in [3.8, 4) is 18.1 Å². The van der Waals surface area contributed by atoms with Gasteiger partial charge in [-0.3, -0.25) is 9.69 Å². The van der Waals surface area contributed by atoms with Crippen LogP contribution >= 0.6 is 11.8 Å². The number of hydrogen-bond donors (Lipinski definition) is 0. The zero-order valence-corrected chi connectivity index (χ0v) is 15.4. The van der Waals surface area contributed by atoms with Gasteiger partial charge in [-0.15, -0.1) is 6.42 Å². The lowest BCUT2D eigenvalue weighted by atomic mass is 10.2. The van der Waals surface area contributed by atoms with Crippen LogP contribution in [0.4, 0.5) is 5.69 Å². The van der Waals surface area contributed by atoms with E-state index in [1.165, 1.54) is 11.8 Å². The first kappa shape index (κ1) is 17.8. The third-order valence-electron chi connectivity index (χ3n) is 3.84. The van der Waals surface area contributed by atoms with Gasteiger partial charge in [0, 0.05) is 7.05 Å². The highest BCUT2D eigenvalue weighted by Crippen LogP contribution is 2.33. The summed E-state index contributed by atoms with van der Waals surface area (Å²) in [5, 5.41) is 0.671. The van der Waals surface area contributed by atoms with Crippen molar-refractivity contribution in [1.29, 1.82) is 0 Å². The van der Waals surface area contributed by atoms with E-state index in [0.717, 1.165) is 16.8 Å². The highest BCUT2D eigenvalue weighted by atomic mass is 32.2. The molecule has 0 spiro atoms. The van der Waals surface area contributed by atoms with Crippen LogP contribution in [0.5, 0.6) is 5.75 Å². The smallest absolute Gasteiger partial charge is 0.266 e. The van der Waals surface area contributed by atoms with Gasteiger partial charge in [-0.1, -0.05) is 36.3 Å². The Morgan fingerprint density at radius 2 is 1.96 bits per heavy atom. The van der Waals surface area contributed by atoms with Crippen LogP contribution in [0.3, 0.4) is 0 Å². The standard InChI is InChI=1S/C21H18N2O2S/c1-4-13-25-17-11-9-16(10-12-17)14-19-20(24)23(3)21(26-19)22-18-8-6-5-7-15(18)2/h1,5-12,14H,13H2,2-3H3/b19-14+,22-21?. The number of carbonyl (C=O) groups is 1. The molecule has 0 aliphatic carbocycles. The number of aliphatic imine (C=N–C) groups is 1. The Kier molecular flexibility index (Phi) is 5.45. The monoisotopic (exact) mass is 362 g/mol. The summed E-state index contributed by atoms with van der Waals surface area (Å²) in [5.74, 6) is 3.07. The van der Waals surface area contributed by atoms with Gasteiger partial charge in [0.2, 0.25) is 0 Å². The Hall–Kier alpha value is -2.97. The Labute approximate surface area is 157 Å². The van der Waals surface area contributed by atoms with E-state index in [1.807, 2.05) is 61.5 Å². The molecule has 1 fully saturated rings. The number of likely N-dealkylation sites (N-methyl/N-ethyl adjacent to an activating group) is 1. The number of amides is 1. The summed E-state index contributed by atoms with van der Waals surface area (Å²) in [5.41, 5.74) is 2.85. The summed E-state index contributed by atoms with van der Waals surface area (Å²) in [6.07, 6.45) is 7.04. The van der Waals surface area contributed by atoms with E-state index in [1.54, 1.807) is 11.9 Å². The summed E-state index contributed by atoms with van der Waals surface area (Å²) in [6.45, 7) is 2.24. The number of terminal acetylenes is 1. The van der Waals surface area contributed by atoms with Gasteiger partial charge in [0.1, 0.15) is 12.4 Å². The van der Waals surface area contributed by atoms with E-state index < -0.39 is 0 Å². The van der Waals surface area contributed by atoms with Crippen LogP contribution in [-0.4, -0.2) is 29.6 Å². The number of para-hydroxylation sites is 1. The minimum Gasteiger partial charge on any atom is -0.481 e. The normalized spacial score (nSPS) is 17.0. The number of benzene rings is 2. The Morgan fingerprint density at radius 3 is 2.65 bits per heavy atom. The van der Waals surface area contributed by atoms with Crippen molar-refractivity contribution in [1.82, 2.24) is 4.90 Å². The summed E-state index contributed by atoms with van der Waals surface area (Å²) >= 11 is 1.37. The molecule has 0 aromatic heterocycles. The maximum atomic E-state index is 12.5. The first-order valence-corrected chi connectivity index (χ1v) is 8.88. The fraction of sp³-hybridized carbons (Fsp3) is 0.143. The number of rotatable bonds is 4. The van der Waals surface area contributed by atoms with Crippen LogP contribution in [-0.2, 0) is 4.79 Å². The zero-order chi connectivity index (χ0) is 18.5. The van der Waals surface area contributed by atoms with Gasteiger partial charge in [-0.2, -0.15) is 0 Å². The first-order valence-electron chi connectivity index (χ1n) is 8.07. The number of hydrogen-bond acceptors (Lipinski definition) is 4. The number of amidine groups is 1. The summed E-state index contributed by atoms with van der Waals surface area (Å²) in [7, 11) is 1.74. The largest absolute Gasteiger partial charge is 0.481 e. The Balaban J connectivity index is 1.81. The number of thioether (sulfide) groups is 1. The van der Waals surface area contributed by atoms with Gasteiger partial charge in [0.15, 0.2) is 5.17 Å². The number of nitrogens with zero attached hydrogens (tertiary/aromatic N) is 2. The van der Waals surface area contributed by atoms with Crippen LogP contribution in [0.15, 0.2) is 58.4 Å². The molecule has 1 aliphatic heterocycles. The molecule has 1 heterocycles. The molecule has 1 saturated heterocycles.